The van der Waals surface area contributed by atoms with Gasteiger partial charge in [0, 0.05) is 10.0 Å². The number of nitrogens with zero attached hydrogens (tertiary/aromatic N) is 1. The van der Waals surface area contributed by atoms with E-state index in [1.807, 2.05) is 30.3 Å². The van der Waals surface area contributed by atoms with Crippen LogP contribution in [0.4, 0.5) is 0 Å². The van der Waals surface area contributed by atoms with Gasteiger partial charge >= 0.3 is 11.8 Å². The van der Waals surface area contributed by atoms with Gasteiger partial charge < -0.3 is 10.4 Å². The molecule has 0 radical (unpaired) electrons. The Labute approximate surface area is 147 Å². The van der Waals surface area contributed by atoms with Crippen molar-refractivity contribution in [3.63, 3.8) is 0 Å². The monoisotopic (exact) mass is 389 g/mol. The first-order valence-corrected chi connectivity index (χ1v) is 7.94. The molecular weight excluding hydrogens is 374 g/mol. The van der Waals surface area contributed by atoms with Crippen molar-refractivity contribution >= 4 is 34.0 Å². The number of halogens is 1. The number of benzene rings is 2. The standard InChI is InChI=1S/C17H16BrN3O3/c1-11(12-5-3-2-4-6-12)20-16(23)17(24)21-19-10-13-9-14(18)7-8-15(13)22/h2-11,22H,1H3,(H,20,23)(H,21,24)/b19-10-/t11-/m0/s1. The van der Waals surface area contributed by atoms with Crippen LogP contribution in [-0.4, -0.2) is 23.1 Å². The van der Waals surface area contributed by atoms with E-state index >= 15 is 0 Å². The van der Waals surface area contributed by atoms with Crippen molar-refractivity contribution in [2.24, 2.45) is 5.10 Å². The van der Waals surface area contributed by atoms with Crippen LogP contribution in [0.25, 0.3) is 0 Å². The summed E-state index contributed by atoms with van der Waals surface area (Å²) in [6.07, 6.45) is 1.26. The van der Waals surface area contributed by atoms with E-state index < -0.39 is 11.8 Å². The minimum absolute atomic E-state index is 0.0124. The molecule has 124 valence electrons. The Morgan fingerprint density at radius 1 is 1.17 bits per heavy atom. The van der Waals surface area contributed by atoms with Crippen LogP contribution in [0.3, 0.4) is 0 Å². The van der Waals surface area contributed by atoms with Crippen molar-refractivity contribution in [1.29, 1.82) is 0 Å². The number of carbonyl (C=O) groups excluding carboxylic acids is 2. The lowest BCUT2D eigenvalue weighted by Crippen LogP contribution is -2.39. The van der Waals surface area contributed by atoms with E-state index in [1.54, 1.807) is 19.1 Å². The molecule has 0 spiro atoms. The zero-order valence-corrected chi connectivity index (χ0v) is 14.4. The number of hydrazone groups is 1. The van der Waals surface area contributed by atoms with Crippen molar-refractivity contribution < 1.29 is 14.7 Å². The first-order valence-electron chi connectivity index (χ1n) is 7.14. The third-order valence-electron chi connectivity index (χ3n) is 3.21. The van der Waals surface area contributed by atoms with Gasteiger partial charge in [0.15, 0.2) is 0 Å². The summed E-state index contributed by atoms with van der Waals surface area (Å²) in [7, 11) is 0. The summed E-state index contributed by atoms with van der Waals surface area (Å²) < 4.78 is 0.752. The number of amides is 2. The molecular formula is C17H16BrN3O3. The zero-order chi connectivity index (χ0) is 17.5. The lowest BCUT2D eigenvalue weighted by molar-refractivity contribution is -0.139. The molecule has 0 heterocycles. The number of aromatic hydroxyl groups is 1. The molecule has 2 aromatic rings. The summed E-state index contributed by atoms with van der Waals surface area (Å²) in [5.74, 6) is -1.66. The average Bonchev–Trinajstić information content (AvgIpc) is 2.58. The van der Waals surface area contributed by atoms with Gasteiger partial charge in [-0.25, -0.2) is 5.43 Å². The quantitative estimate of drug-likeness (QED) is 0.426. The van der Waals surface area contributed by atoms with Crippen molar-refractivity contribution in [2.45, 2.75) is 13.0 Å². The fourth-order valence-electron chi connectivity index (χ4n) is 1.93. The van der Waals surface area contributed by atoms with Gasteiger partial charge in [-0.1, -0.05) is 46.3 Å². The van der Waals surface area contributed by atoms with E-state index in [0.29, 0.717) is 5.56 Å². The van der Waals surface area contributed by atoms with Gasteiger partial charge in [-0.2, -0.15) is 5.10 Å². The Balaban J connectivity index is 1.91. The Morgan fingerprint density at radius 3 is 2.58 bits per heavy atom. The van der Waals surface area contributed by atoms with Crippen molar-refractivity contribution in [3.05, 3.63) is 64.1 Å². The van der Waals surface area contributed by atoms with Gasteiger partial charge in [-0.05, 0) is 30.7 Å². The van der Waals surface area contributed by atoms with Crippen LogP contribution in [0.2, 0.25) is 0 Å². The molecule has 0 bridgehead atoms. The average molecular weight is 390 g/mol. The van der Waals surface area contributed by atoms with Gasteiger partial charge in [0.05, 0.1) is 12.3 Å². The second-order valence-electron chi connectivity index (χ2n) is 5.01. The van der Waals surface area contributed by atoms with Crippen LogP contribution in [0.15, 0.2) is 58.1 Å². The van der Waals surface area contributed by atoms with Crippen LogP contribution in [0.5, 0.6) is 5.75 Å². The van der Waals surface area contributed by atoms with Gasteiger partial charge in [0.1, 0.15) is 5.75 Å². The molecule has 2 amide bonds. The van der Waals surface area contributed by atoms with E-state index in [4.69, 9.17) is 0 Å². The Morgan fingerprint density at radius 2 is 1.88 bits per heavy atom. The summed E-state index contributed by atoms with van der Waals surface area (Å²) in [5, 5.41) is 15.9. The maximum atomic E-state index is 11.8. The second-order valence-corrected chi connectivity index (χ2v) is 5.92. The second kappa shape index (κ2) is 8.26. The third kappa shape index (κ3) is 4.92. The molecule has 2 rings (SSSR count). The first-order chi connectivity index (χ1) is 11.5. The smallest absolute Gasteiger partial charge is 0.329 e. The molecule has 24 heavy (non-hydrogen) atoms. The van der Waals surface area contributed by atoms with Crippen LogP contribution >= 0.6 is 15.9 Å². The number of phenols is 1. The first kappa shape index (κ1) is 17.7. The summed E-state index contributed by atoms with van der Waals surface area (Å²) in [6.45, 7) is 1.78. The van der Waals surface area contributed by atoms with Crippen molar-refractivity contribution in [2.75, 3.05) is 0 Å². The fraction of sp³-hybridized carbons (Fsp3) is 0.118. The van der Waals surface area contributed by atoms with Gasteiger partial charge in [-0.3, -0.25) is 9.59 Å². The lowest BCUT2D eigenvalue weighted by Gasteiger charge is -2.13. The minimum Gasteiger partial charge on any atom is -0.507 e. The Kier molecular flexibility index (Phi) is 6.08. The number of rotatable bonds is 4. The van der Waals surface area contributed by atoms with Crippen LogP contribution in [0.1, 0.15) is 24.1 Å². The summed E-state index contributed by atoms with van der Waals surface area (Å²) in [5.41, 5.74) is 3.42. The topological polar surface area (TPSA) is 90.8 Å². The Bertz CT molecular complexity index is 763. The van der Waals surface area contributed by atoms with Gasteiger partial charge in [0.2, 0.25) is 0 Å². The number of phenolic OH excluding ortho intramolecular Hbond substituents is 1. The number of nitrogens with one attached hydrogen (secondary N) is 2. The maximum Gasteiger partial charge on any atom is 0.329 e. The van der Waals surface area contributed by atoms with E-state index in [1.165, 1.54) is 12.3 Å². The highest BCUT2D eigenvalue weighted by Gasteiger charge is 2.16. The normalized spacial score (nSPS) is 11.9. The Hall–Kier alpha value is -2.67. The maximum absolute atomic E-state index is 11.8. The van der Waals surface area contributed by atoms with E-state index in [-0.39, 0.29) is 11.8 Å². The lowest BCUT2D eigenvalue weighted by atomic mass is 10.1. The molecule has 0 saturated heterocycles. The van der Waals surface area contributed by atoms with Crippen molar-refractivity contribution in [3.8, 4) is 5.75 Å². The molecule has 0 aromatic heterocycles. The SMILES string of the molecule is C[C@H](NC(=O)C(=O)N/N=C\c1cc(Br)ccc1O)c1ccccc1. The van der Waals surface area contributed by atoms with Gasteiger partial charge in [-0.15, -0.1) is 0 Å². The molecule has 2 aromatic carbocycles. The number of carbonyl (C=O) groups is 2. The van der Waals surface area contributed by atoms with E-state index in [0.717, 1.165) is 10.0 Å². The molecule has 0 unspecified atom stereocenters. The van der Waals surface area contributed by atoms with Crippen LogP contribution < -0.4 is 10.7 Å². The van der Waals surface area contributed by atoms with Crippen LogP contribution in [0, 0.1) is 0 Å². The summed E-state index contributed by atoms with van der Waals surface area (Å²) in [4.78, 5) is 23.6. The molecule has 1 atom stereocenters. The fourth-order valence-corrected chi connectivity index (χ4v) is 2.31. The predicted octanol–water partition coefficient (Wildman–Crippen LogP) is 2.48. The van der Waals surface area contributed by atoms with Crippen molar-refractivity contribution in [1.82, 2.24) is 10.7 Å². The molecule has 0 aliphatic rings. The van der Waals surface area contributed by atoms with Gasteiger partial charge in [0.25, 0.3) is 0 Å². The number of hydrogen-bond donors (Lipinski definition) is 3. The molecule has 6 nitrogen and oxygen atoms in total. The highest BCUT2D eigenvalue weighted by Crippen LogP contribution is 2.19. The summed E-state index contributed by atoms with van der Waals surface area (Å²) in [6, 6.07) is 13.8. The molecule has 0 aliphatic heterocycles. The molecule has 0 saturated carbocycles. The number of hydrogen-bond acceptors (Lipinski definition) is 4. The minimum atomic E-state index is -0.886. The zero-order valence-electron chi connectivity index (χ0n) is 12.9. The van der Waals surface area contributed by atoms with E-state index in [9.17, 15) is 14.7 Å². The molecule has 3 N–H and O–H groups in total. The molecule has 0 aliphatic carbocycles. The largest absolute Gasteiger partial charge is 0.507 e. The third-order valence-corrected chi connectivity index (χ3v) is 3.71. The van der Waals surface area contributed by atoms with Crippen LogP contribution in [-0.2, 0) is 9.59 Å². The predicted molar refractivity (Wildman–Crippen MR) is 94.5 cm³/mol. The molecule has 0 fully saturated rings. The molecule has 7 heteroatoms. The highest BCUT2D eigenvalue weighted by atomic mass is 79.9. The summed E-state index contributed by atoms with van der Waals surface area (Å²) >= 11 is 3.27. The van der Waals surface area contributed by atoms with E-state index in [2.05, 4.69) is 31.8 Å². The highest BCUT2D eigenvalue weighted by molar-refractivity contribution is 9.10.